The lowest BCUT2D eigenvalue weighted by atomic mass is 10.2. The lowest BCUT2D eigenvalue weighted by Crippen LogP contribution is -2.37. The van der Waals surface area contributed by atoms with Gasteiger partial charge in [0.1, 0.15) is 0 Å². The molecule has 0 atom stereocenters. The van der Waals surface area contributed by atoms with Crippen LogP contribution in [0.3, 0.4) is 0 Å². The Labute approximate surface area is 125 Å². The predicted molar refractivity (Wildman–Crippen MR) is 84.8 cm³/mol. The largest absolute Gasteiger partial charge is 0.334 e. The van der Waals surface area contributed by atoms with Crippen molar-refractivity contribution in [2.24, 2.45) is 0 Å². The maximum atomic E-state index is 12.2. The molecule has 1 aliphatic carbocycles. The Balaban J connectivity index is 1.99. The highest BCUT2D eigenvalue weighted by Gasteiger charge is 2.33. The van der Waals surface area contributed by atoms with Crippen molar-refractivity contribution < 1.29 is 9.59 Å². The number of benzene rings is 1. The van der Waals surface area contributed by atoms with Gasteiger partial charge in [-0.2, -0.15) is 0 Å². The molecule has 0 unspecified atom stereocenters. The predicted octanol–water partition coefficient (Wildman–Crippen LogP) is 3.06. The molecule has 21 heavy (non-hydrogen) atoms. The summed E-state index contributed by atoms with van der Waals surface area (Å²) in [5.74, 6) is -0.0242. The van der Waals surface area contributed by atoms with E-state index in [1.807, 2.05) is 49.1 Å². The second kappa shape index (κ2) is 6.57. The first kappa shape index (κ1) is 15.3. The minimum absolute atomic E-state index is 0.0680. The van der Waals surface area contributed by atoms with Gasteiger partial charge in [-0.1, -0.05) is 12.1 Å². The van der Waals surface area contributed by atoms with Gasteiger partial charge in [-0.25, -0.2) is 0 Å². The van der Waals surface area contributed by atoms with Crippen LogP contribution in [-0.4, -0.2) is 28.8 Å². The highest BCUT2D eigenvalue weighted by Crippen LogP contribution is 2.28. The van der Waals surface area contributed by atoms with Gasteiger partial charge in [0.25, 0.3) is 0 Å². The van der Waals surface area contributed by atoms with Crippen molar-refractivity contribution >= 4 is 23.6 Å². The summed E-state index contributed by atoms with van der Waals surface area (Å²) < 4.78 is 0. The first-order chi connectivity index (χ1) is 9.97. The molecule has 0 saturated heterocycles. The third-order valence-corrected chi connectivity index (χ3v) is 3.40. The molecule has 0 heterocycles. The Morgan fingerprint density at radius 2 is 1.86 bits per heavy atom. The average Bonchev–Trinajstić information content (AvgIpc) is 3.21. The van der Waals surface area contributed by atoms with Gasteiger partial charge in [-0.05, 0) is 50.5 Å². The molecular formula is C17H22N2O2. The Morgan fingerprint density at radius 1 is 1.24 bits per heavy atom. The topological polar surface area (TPSA) is 49.4 Å². The molecule has 1 saturated carbocycles. The maximum Gasteiger partial charge on any atom is 0.247 e. The monoisotopic (exact) mass is 286 g/mol. The van der Waals surface area contributed by atoms with Crippen molar-refractivity contribution in [1.29, 1.82) is 0 Å². The number of hydrogen-bond acceptors (Lipinski definition) is 2. The zero-order valence-corrected chi connectivity index (χ0v) is 12.8. The van der Waals surface area contributed by atoms with E-state index < -0.39 is 0 Å². The van der Waals surface area contributed by atoms with Crippen molar-refractivity contribution in [3.63, 3.8) is 0 Å². The van der Waals surface area contributed by atoms with Crippen LogP contribution in [0.5, 0.6) is 0 Å². The first-order valence-corrected chi connectivity index (χ1v) is 7.35. The number of nitrogens with one attached hydrogen (secondary N) is 1. The van der Waals surface area contributed by atoms with Crippen LogP contribution in [0.2, 0.25) is 0 Å². The van der Waals surface area contributed by atoms with E-state index >= 15 is 0 Å². The standard InChI is InChI=1S/C17H22N2O2/c1-12(2)19(16-9-10-16)17(21)11-6-14-4-7-15(8-5-14)18-13(3)20/h4-8,11-12,16H,9-10H2,1-3H3,(H,18,20)/b11-6+. The fourth-order valence-corrected chi connectivity index (χ4v) is 2.34. The third-order valence-electron chi connectivity index (χ3n) is 3.40. The van der Waals surface area contributed by atoms with E-state index in [1.54, 1.807) is 6.08 Å². The molecule has 2 rings (SSSR count). The number of anilines is 1. The number of hydrogen-bond donors (Lipinski definition) is 1. The summed E-state index contributed by atoms with van der Waals surface area (Å²) in [5, 5.41) is 2.72. The maximum absolute atomic E-state index is 12.2. The van der Waals surface area contributed by atoms with Gasteiger partial charge >= 0.3 is 0 Å². The Kier molecular flexibility index (Phi) is 4.78. The molecule has 1 aliphatic rings. The number of carbonyl (C=O) groups excluding carboxylic acids is 2. The summed E-state index contributed by atoms with van der Waals surface area (Å²) in [6, 6.07) is 8.07. The summed E-state index contributed by atoms with van der Waals surface area (Å²) in [6.45, 7) is 5.57. The second-order valence-corrected chi connectivity index (χ2v) is 5.71. The summed E-state index contributed by atoms with van der Waals surface area (Å²) in [5.41, 5.74) is 1.70. The van der Waals surface area contributed by atoms with Crippen LogP contribution in [0.4, 0.5) is 5.69 Å². The Hall–Kier alpha value is -2.10. The lowest BCUT2D eigenvalue weighted by Gasteiger charge is -2.25. The molecule has 1 N–H and O–H groups in total. The van der Waals surface area contributed by atoms with E-state index in [-0.39, 0.29) is 17.9 Å². The van der Waals surface area contributed by atoms with Gasteiger partial charge in [0, 0.05) is 30.8 Å². The van der Waals surface area contributed by atoms with E-state index in [1.165, 1.54) is 6.92 Å². The van der Waals surface area contributed by atoms with Gasteiger partial charge < -0.3 is 10.2 Å². The smallest absolute Gasteiger partial charge is 0.247 e. The fraction of sp³-hybridized carbons (Fsp3) is 0.412. The van der Waals surface area contributed by atoms with Crippen LogP contribution >= 0.6 is 0 Å². The van der Waals surface area contributed by atoms with Crippen LogP contribution < -0.4 is 5.32 Å². The van der Waals surface area contributed by atoms with E-state index in [9.17, 15) is 9.59 Å². The molecule has 2 amide bonds. The molecule has 112 valence electrons. The van der Waals surface area contributed by atoms with Crippen LogP contribution in [0, 0.1) is 0 Å². The van der Waals surface area contributed by atoms with Crippen LogP contribution in [0.15, 0.2) is 30.3 Å². The van der Waals surface area contributed by atoms with Gasteiger partial charge in [0.2, 0.25) is 11.8 Å². The molecule has 1 aromatic rings. The summed E-state index contributed by atoms with van der Waals surface area (Å²) in [6.07, 6.45) is 5.68. The van der Waals surface area contributed by atoms with E-state index in [0.29, 0.717) is 6.04 Å². The Morgan fingerprint density at radius 3 is 2.33 bits per heavy atom. The zero-order valence-electron chi connectivity index (χ0n) is 12.8. The van der Waals surface area contributed by atoms with Crippen molar-refractivity contribution in [3.05, 3.63) is 35.9 Å². The van der Waals surface area contributed by atoms with Crippen LogP contribution in [0.25, 0.3) is 6.08 Å². The van der Waals surface area contributed by atoms with Crippen molar-refractivity contribution in [3.8, 4) is 0 Å². The average molecular weight is 286 g/mol. The van der Waals surface area contributed by atoms with Crippen LogP contribution in [0.1, 0.15) is 39.2 Å². The summed E-state index contributed by atoms with van der Waals surface area (Å²) >= 11 is 0. The third kappa shape index (κ3) is 4.45. The van der Waals surface area contributed by atoms with E-state index in [4.69, 9.17) is 0 Å². The SMILES string of the molecule is CC(=O)Nc1ccc(/C=C/C(=O)N(C(C)C)C2CC2)cc1. The van der Waals surface area contributed by atoms with Crippen molar-refractivity contribution in [2.45, 2.75) is 45.7 Å². The van der Waals surface area contributed by atoms with Crippen molar-refractivity contribution in [2.75, 3.05) is 5.32 Å². The minimum Gasteiger partial charge on any atom is -0.334 e. The molecule has 4 heteroatoms. The van der Waals surface area contributed by atoms with E-state index in [0.717, 1.165) is 24.1 Å². The van der Waals surface area contributed by atoms with Crippen molar-refractivity contribution in [1.82, 2.24) is 4.90 Å². The van der Waals surface area contributed by atoms with Gasteiger partial charge in [0.05, 0.1) is 0 Å². The normalized spacial score (nSPS) is 14.5. The molecule has 0 aliphatic heterocycles. The lowest BCUT2D eigenvalue weighted by molar-refractivity contribution is -0.128. The fourth-order valence-electron chi connectivity index (χ4n) is 2.34. The minimum atomic E-state index is -0.0921. The number of rotatable bonds is 5. The van der Waals surface area contributed by atoms with Crippen LogP contribution in [-0.2, 0) is 9.59 Å². The van der Waals surface area contributed by atoms with Gasteiger partial charge in [-0.3, -0.25) is 9.59 Å². The number of carbonyl (C=O) groups is 2. The Bertz CT molecular complexity index is 540. The second-order valence-electron chi connectivity index (χ2n) is 5.71. The van der Waals surface area contributed by atoms with E-state index in [2.05, 4.69) is 5.32 Å². The molecule has 0 radical (unpaired) electrons. The molecule has 1 fully saturated rings. The first-order valence-electron chi connectivity index (χ1n) is 7.35. The molecule has 0 bridgehead atoms. The molecule has 4 nitrogen and oxygen atoms in total. The highest BCUT2D eigenvalue weighted by atomic mass is 16.2. The van der Waals surface area contributed by atoms with Gasteiger partial charge in [-0.15, -0.1) is 0 Å². The quantitative estimate of drug-likeness (QED) is 0.846. The molecule has 0 spiro atoms. The molecule has 0 aromatic heterocycles. The number of nitrogens with zero attached hydrogens (tertiary/aromatic N) is 1. The molecular weight excluding hydrogens is 264 g/mol. The van der Waals surface area contributed by atoms with Gasteiger partial charge in [0.15, 0.2) is 0 Å². The zero-order chi connectivity index (χ0) is 15.4. The molecule has 1 aromatic carbocycles. The number of amides is 2. The summed E-state index contributed by atoms with van der Waals surface area (Å²) in [7, 11) is 0. The highest BCUT2D eigenvalue weighted by molar-refractivity contribution is 5.92. The summed E-state index contributed by atoms with van der Waals surface area (Å²) in [4.78, 5) is 25.1.